The van der Waals surface area contributed by atoms with Gasteiger partial charge in [0.1, 0.15) is 24.1 Å². The summed E-state index contributed by atoms with van der Waals surface area (Å²) in [5.74, 6) is 1.06. The summed E-state index contributed by atoms with van der Waals surface area (Å²) in [5.41, 5.74) is 3.15. The summed E-state index contributed by atoms with van der Waals surface area (Å²) < 4.78 is 14.2. The van der Waals surface area contributed by atoms with E-state index in [1.54, 1.807) is 16.6 Å². The van der Waals surface area contributed by atoms with Gasteiger partial charge < -0.3 is 14.4 Å². The summed E-state index contributed by atoms with van der Waals surface area (Å²) in [5, 5.41) is 2.51. The normalized spacial score (nSPS) is 14.6. The van der Waals surface area contributed by atoms with E-state index in [1.807, 2.05) is 112 Å². The Morgan fingerprint density at radius 1 is 0.978 bits per heavy atom. The number of rotatable bonds is 9. The average Bonchev–Trinajstić information content (AvgIpc) is 3.37. The van der Waals surface area contributed by atoms with Gasteiger partial charge in [-0.3, -0.25) is 14.2 Å². The van der Waals surface area contributed by atoms with Gasteiger partial charge in [0.15, 0.2) is 4.80 Å². The number of nitrogens with zero attached hydrogens (tertiary/aromatic N) is 3. The number of hydrogen-bond donors (Lipinski definition) is 0. The highest BCUT2D eigenvalue weighted by molar-refractivity contribution is 7.07. The Balaban J connectivity index is 1.55. The Morgan fingerprint density at radius 3 is 2.46 bits per heavy atom. The lowest BCUT2D eigenvalue weighted by atomic mass is 9.90. The molecular weight excluding hydrogens is 618 g/mol. The number of aromatic nitrogens is 1. The smallest absolute Gasteiger partial charge is 0.271 e. The van der Waals surface area contributed by atoms with Crippen molar-refractivity contribution in [3.8, 4) is 11.5 Å². The van der Waals surface area contributed by atoms with Crippen molar-refractivity contribution in [1.82, 2.24) is 9.47 Å². The highest BCUT2D eigenvalue weighted by Gasteiger charge is 2.36. The fourth-order valence-electron chi connectivity index (χ4n) is 5.93. The lowest BCUT2D eigenvalue weighted by molar-refractivity contribution is -0.127. The Labute approximate surface area is 276 Å². The Morgan fingerprint density at radius 2 is 1.70 bits per heavy atom. The summed E-state index contributed by atoms with van der Waals surface area (Å²) in [4.78, 5) is 35.8. The molecule has 0 N–H and O–H groups in total. The van der Waals surface area contributed by atoms with Gasteiger partial charge in [-0.2, -0.15) is 0 Å². The number of amides is 1. The minimum Gasteiger partial charge on any atom is -0.496 e. The van der Waals surface area contributed by atoms with Gasteiger partial charge in [-0.05, 0) is 55.8 Å². The van der Waals surface area contributed by atoms with Crippen LogP contribution in [-0.4, -0.2) is 35.6 Å². The largest absolute Gasteiger partial charge is 0.496 e. The summed E-state index contributed by atoms with van der Waals surface area (Å²) >= 11 is 7.65. The molecule has 0 bridgehead atoms. The fraction of sp³-hybridized carbons (Fsp3) is 0.216. The molecule has 7 nitrogen and oxygen atoms in total. The first-order chi connectivity index (χ1) is 22.4. The number of para-hydroxylation sites is 1. The zero-order valence-electron chi connectivity index (χ0n) is 26.1. The summed E-state index contributed by atoms with van der Waals surface area (Å²) in [6.07, 6.45) is 1.83. The van der Waals surface area contributed by atoms with Crippen LogP contribution in [0.4, 0.5) is 0 Å². The Bertz CT molecular complexity index is 2160. The molecule has 1 aliphatic rings. The van der Waals surface area contributed by atoms with Gasteiger partial charge in [0.25, 0.3) is 11.5 Å². The van der Waals surface area contributed by atoms with Crippen molar-refractivity contribution in [3.63, 3.8) is 0 Å². The zero-order valence-corrected chi connectivity index (χ0v) is 27.7. The Hall–Kier alpha value is -4.66. The van der Waals surface area contributed by atoms with Gasteiger partial charge in [0.2, 0.25) is 0 Å². The predicted molar refractivity (Wildman–Crippen MR) is 184 cm³/mol. The number of halogens is 1. The molecule has 0 spiro atoms. The van der Waals surface area contributed by atoms with Crippen LogP contribution in [0, 0.1) is 0 Å². The lowest BCUT2D eigenvalue weighted by Gasteiger charge is -2.30. The average molecular weight is 652 g/mol. The maximum atomic E-state index is 14.5. The molecule has 234 valence electrons. The number of methoxy groups -OCH3 is 1. The van der Waals surface area contributed by atoms with E-state index in [1.165, 1.54) is 11.3 Å². The van der Waals surface area contributed by atoms with Crippen molar-refractivity contribution in [2.24, 2.45) is 4.99 Å². The van der Waals surface area contributed by atoms with E-state index in [4.69, 9.17) is 26.1 Å². The SMILES string of the molecule is CCN(CC)C(=O)C1=C(C)N=c2s/c(=C/c3ccccc3OCc3ccccc3Cl)c(=O)n2[C@H]1c1c(OC)ccc2ccccc12. The van der Waals surface area contributed by atoms with Gasteiger partial charge in [0.05, 0.1) is 22.9 Å². The number of ether oxygens (including phenoxy) is 2. The van der Waals surface area contributed by atoms with Gasteiger partial charge >= 0.3 is 0 Å². The van der Waals surface area contributed by atoms with Gasteiger partial charge in [0, 0.05) is 34.8 Å². The summed E-state index contributed by atoms with van der Waals surface area (Å²) in [6.45, 7) is 7.08. The highest BCUT2D eigenvalue weighted by Crippen LogP contribution is 2.40. The van der Waals surface area contributed by atoms with Crippen LogP contribution in [0.15, 0.2) is 106 Å². The summed E-state index contributed by atoms with van der Waals surface area (Å²) in [7, 11) is 1.61. The standard InChI is InChI=1S/C37H34ClN3O4S/c1-5-40(6-2)36(43)32-23(3)39-37-41(34(32)33-27-16-10-7-13-24(27)19-20-30(33)44-4)35(42)31(46-37)21-25-14-9-12-18-29(25)45-22-26-15-8-11-17-28(26)38/h7-21,34H,5-6,22H2,1-4H3/b31-21+/t34-/m1/s1. The second kappa shape index (κ2) is 13.4. The quantitative estimate of drug-likeness (QED) is 0.183. The van der Waals surface area contributed by atoms with Crippen LogP contribution in [-0.2, 0) is 11.4 Å². The van der Waals surface area contributed by atoms with Crippen LogP contribution in [0.2, 0.25) is 5.02 Å². The number of hydrogen-bond acceptors (Lipinski definition) is 6. The molecule has 9 heteroatoms. The van der Waals surface area contributed by atoms with Crippen LogP contribution in [0.3, 0.4) is 0 Å². The molecule has 1 aromatic heterocycles. The van der Waals surface area contributed by atoms with E-state index in [0.29, 0.717) is 50.2 Å². The van der Waals surface area contributed by atoms with E-state index in [9.17, 15) is 9.59 Å². The molecule has 4 aromatic carbocycles. The number of thiazole rings is 1. The number of carbonyl (C=O) groups excluding carboxylic acids is 1. The molecular formula is C37H34ClN3O4S. The molecule has 5 aromatic rings. The number of allylic oxidation sites excluding steroid dienone is 1. The molecule has 0 radical (unpaired) electrons. The van der Waals surface area contributed by atoms with Gasteiger partial charge in [-0.1, -0.05) is 89.7 Å². The molecule has 0 saturated heterocycles. The number of likely N-dealkylation sites (N-methyl/N-ethyl adjacent to an activating group) is 1. The zero-order chi connectivity index (χ0) is 32.4. The third-order valence-corrected chi connectivity index (χ3v) is 9.63. The summed E-state index contributed by atoms with van der Waals surface area (Å²) in [6, 6.07) is 26.2. The Kier molecular flexibility index (Phi) is 9.10. The third-order valence-electron chi connectivity index (χ3n) is 8.27. The maximum Gasteiger partial charge on any atom is 0.271 e. The van der Waals surface area contributed by atoms with Crippen LogP contribution >= 0.6 is 22.9 Å². The highest BCUT2D eigenvalue weighted by atomic mass is 35.5. The number of fused-ring (bicyclic) bond motifs is 2. The van der Waals surface area contributed by atoms with Crippen molar-refractivity contribution in [2.75, 3.05) is 20.2 Å². The molecule has 1 aliphatic heterocycles. The minimum absolute atomic E-state index is 0.154. The van der Waals surface area contributed by atoms with E-state index in [-0.39, 0.29) is 18.1 Å². The van der Waals surface area contributed by atoms with Crippen LogP contribution in [0.1, 0.15) is 43.5 Å². The molecule has 0 saturated carbocycles. The van der Waals surface area contributed by atoms with Crippen molar-refractivity contribution in [2.45, 2.75) is 33.4 Å². The molecule has 46 heavy (non-hydrogen) atoms. The van der Waals surface area contributed by atoms with E-state index < -0.39 is 6.04 Å². The second-order valence-electron chi connectivity index (χ2n) is 10.9. The molecule has 2 heterocycles. The van der Waals surface area contributed by atoms with Crippen molar-refractivity contribution >= 4 is 45.7 Å². The number of carbonyl (C=O) groups is 1. The van der Waals surface area contributed by atoms with E-state index in [0.717, 1.165) is 27.5 Å². The molecule has 0 unspecified atom stereocenters. The third kappa shape index (κ3) is 5.74. The van der Waals surface area contributed by atoms with Gasteiger partial charge in [-0.25, -0.2) is 4.99 Å². The monoisotopic (exact) mass is 651 g/mol. The van der Waals surface area contributed by atoms with E-state index in [2.05, 4.69) is 0 Å². The van der Waals surface area contributed by atoms with Crippen molar-refractivity contribution in [3.05, 3.63) is 138 Å². The second-order valence-corrected chi connectivity index (χ2v) is 12.3. The lowest BCUT2D eigenvalue weighted by Crippen LogP contribution is -2.43. The van der Waals surface area contributed by atoms with Crippen LogP contribution < -0.4 is 24.4 Å². The topological polar surface area (TPSA) is 73.1 Å². The predicted octanol–water partition coefficient (Wildman–Crippen LogP) is 6.50. The van der Waals surface area contributed by atoms with Crippen LogP contribution in [0.5, 0.6) is 11.5 Å². The fourth-order valence-corrected chi connectivity index (χ4v) is 7.16. The first kappa shape index (κ1) is 31.3. The molecule has 6 rings (SSSR count). The first-order valence-electron chi connectivity index (χ1n) is 15.2. The molecule has 1 amide bonds. The van der Waals surface area contributed by atoms with E-state index >= 15 is 0 Å². The maximum absolute atomic E-state index is 14.5. The molecule has 0 aliphatic carbocycles. The number of benzene rings is 4. The first-order valence-corrected chi connectivity index (χ1v) is 16.4. The minimum atomic E-state index is -0.751. The molecule has 1 atom stereocenters. The van der Waals surface area contributed by atoms with Crippen molar-refractivity contribution < 1.29 is 14.3 Å². The van der Waals surface area contributed by atoms with Gasteiger partial charge in [-0.15, -0.1) is 0 Å². The molecule has 0 fully saturated rings. The van der Waals surface area contributed by atoms with Crippen LogP contribution in [0.25, 0.3) is 16.8 Å². The van der Waals surface area contributed by atoms with Crippen molar-refractivity contribution in [1.29, 1.82) is 0 Å².